The summed E-state index contributed by atoms with van der Waals surface area (Å²) in [7, 11) is 1.61. The standard InChI is InChI=1S/C18H20ClN3O2.HI/c1-23-17-10-13(19)7-6-12(17)11-21-18(20)22-15-8-9-24-16-5-3-2-4-14(15)16;/h2-7,10,15H,8-9,11H2,1H3,(H3,20,21,22);1H. The third-order valence-corrected chi connectivity index (χ3v) is 4.18. The van der Waals surface area contributed by atoms with Crippen LogP contribution >= 0.6 is 35.6 Å². The molecule has 3 rings (SSSR count). The molecule has 1 unspecified atom stereocenters. The molecule has 1 heterocycles. The molecule has 25 heavy (non-hydrogen) atoms. The van der Waals surface area contributed by atoms with Crippen molar-refractivity contribution in [1.82, 2.24) is 5.32 Å². The predicted octanol–water partition coefficient (Wildman–Crippen LogP) is 3.89. The normalized spacial score (nSPS) is 16.2. The fraction of sp³-hybridized carbons (Fsp3) is 0.278. The van der Waals surface area contributed by atoms with Gasteiger partial charge in [-0.2, -0.15) is 0 Å². The van der Waals surface area contributed by atoms with Crippen molar-refractivity contribution in [3.63, 3.8) is 0 Å². The molecule has 1 aliphatic heterocycles. The van der Waals surface area contributed by atoms with Crippen LogP contribution in [-0.4, -0.2) is 19.7 Å². The average Bonchev–Trinajstić information content (AvgIpc) is 2.61. The van der Waals surface area contributed by atoms with Crippen molar-refractivity contribution in [1.29, 1.82) is 0 Å². The molecule has 2 aromatic rings. The van der Waals surface area contributed by atoms with E-state index in [1.807, 2.05) is 36.4 Å². The topological polar surface area (TPSA) is 68.9 Å². The average molecular weight is 474 g/mol. The number of hydrogen-bond acceptors (Lipinski definition) is 3. The van der Waals surface area contributed by atoms with Crippen LogP contribution in [0.1, 0.15) is 23.6 Å². The van der Waals surface area contributed by atoms with E-state index >= 15 is 0 Å². The predicted molar refractivity (Wildman–Crippen MR) is 111 cm³/mol. The zero-order valence-electron chi connectivity index (χ0n) is 13.9. The first-order chi connectivity index (χ1) is 11.7. The molecule has 0 aliphatic carbocycles. The summed E-state index contributed by atoms with van der Waals surface area (Å²) < 4.78 is 11.0. The first-order valence-corrected chi connectivity index (χ1v) is 8.16. The summed E-state index contributed by atoms with van der Waals surface area (Å²) in [5.41, 5.74) is 8.09. The lowest BCUT2D eigenvalue weighted by Crippen LogP contribution is -2.37. The zero-order chi connectivity index (χ0) is 16.9. The lowest BCUT2D eigenvalue weighted by atomic mass is 10.0. The van der Waals surface area contributed by atoms with Gasteiger partial charge in [0.15, 0.2) is 5.96 Å². The Kier molecular flexibility index (Phi) is 7.19. The molecule has 0 fully saturated rings. The molecule has 1 aliphatic rings. The molecule has 0 aromatic heterocycles. The van der Waals surface area contributed by atoms with Gasteiger partial charge in [-0.05, 0) is 18.2 Å². The van der Waals surface area contributed by atoms with Gasteiger partial charge >= 0.3 is 0 Å². The van der Waals surface area contributed by atoms with Gasteiger partial charge in [0.1, 0.15) is 11.5 Å². The highest BCUT2D eigenvalue weighted by molar-refractivity contribution is 14.0. The fourth-order valence-electron chi connectivity index (χ4n) is 2.74. The van der Waals surface area contributed by atoms with Crippen LogP contribution in [0.15, 0.2) is 47.5 Å². The van der Waals surface area contributed by atoms with E-state index in [1.54, 1.807) is 13.2 Å². The number of rotatable bonds is 4. The van der Waals surface area contributed by atoms with E-state index in [0.29, 0.717) is 29.9 Å². The molecule has 3 N–H and O–H groups in total. The molecular weight excluding hydrogens is 453 g/mol. The summed E-state index contributed by atoms with van der Waals surface area (Å²) in [5.74, 6) is 2.00. The minimum absolute atomic E-state index is 0. The molecule has 0 spiro atoms. The number of para-hydroxylation sites is 1. The third kappa shape index (κ3) is 4.92. The van der Waals surface area contributed by atoms with E-state index in [4.69, 9.17) is 26.8 Å². The summed E-state index contributed by atoms with van der Waals surface area (Å²) in [6.07, 6.45) is 0.845. The van der Waals surface area contributed by atoms with Gasteiger partial charge in [-0.3, -0.25) is 0 Å². The molecule has 5 nitrogen and oxygen atoms in total. The number of aliphatic imine (C=N–C) groups is 1. The lowest BCUT2D eigenvalue weighted by molar-refractivity contribution is 0.262. The van der Waals surface area contributed by atoms with Crippen LogP contribution in [0.5, 0.6) is 11.5 Å². The molecule has 0 bridgehead atoms. The van der Waals surface area contributed by atoms with Gasteiger partial charge in [0.05, 0.1) is 26.3 Å². The number of hydrogen-bond donors (Lipinski definition) is 2. The lowest BCUT2D eigenvalue weighted by Gasteiger charge is -2.26. The van der Waals surface area contributed by atoms with Crippen LogP contribution in [0, 0.1) is 0 Å². The summed E-state index contributed by atoms with van der Waals surface area (Å²) in [6.45, 7) is 1.08. The van der Waals surface area contributed by atoms with Crippen LogP contribution in [0.3, 0.4) is 0 Å². The van der Waals surface area contributed by atoms with Gasteiger partial charge in [-0.15, -0.1) is 24.0 Å². The molecular formula is C18H21ClIN3O2. The van der Waals surface area contributed by atoms with Gasteiger partial charge in [-0.25, -0.2) is 4.99 Å². The van der Waals surface area contributed by atoms with Crippen LogP contribution in [0.2, 0.25) is 5.02 Å². The minimum Gasteiger partial charge on any atom is -0.496 e. The molecule has 7 heteroatoms. The maximum atomic E-state index is 6.06. The molecule has 0 amide bonds. The fourth-order valence-corrected chi connectivity index (χ4v) is 2.90. The Morgan fingerprint density at radius 2 is 2.16 bits per heavy atom. The Morgan fingerprint density at radius 3 is 2.96 bits per heavy atom. The highest BCUT2D eigenvalue weighted by Gasteiger charge is 2.21. The van der Waals surface area contributed by atoms with Crippen LogP contribution in [0.4, 0.5) is 0 Å². The van der Waals surface area contributed by atoms with E-state index in [2.05, 4.69) is 10.3 Å². The minimum atomic E-state index is 0. The van der Waals surface area contributed by atoms with Crippen molar-refractivity contribution in [3.05, 3.63) is 58.6 Å². The summed E-state index contributed by atoms with van der Waals surface area (Å²) in [4.78, 5) is 4.42. The largest absolute Gasteiger partial charge is 0.496 e. The third-order valence-electron chi connectivity index (χ3n) is 3.95. The number of nitrogens with two attached hydrogens (primary N) is 1. The van der Waals surface area contributed by atoms with Gasteiger partial charge in [0.2, 0.25) is 0 Å². The Balaban J connectivity index is 0.00000225. The van der Waals surface area contributed by atoms with Crippen molar-refractivity contribution < 1.29 is 9.47 Å². The van der Waals surface area contributed by atoms with Crippen LogP contribution < -0.4 is 20.5 Å². The SMILES string of the molecule is COc1cc(Cl)ccc1CN=C(N)NC1CCOc2ccccc21.I. The van der Waals surface area contributed by atoms with Gasteiger partial charge in [0.25, 0.3) is 0 Å². The zero-order valence-corrected chi connectivity index (χ0v) is 17.0. The van der Waals surface area contributed by atoms with Crippen molar-refractivity contribution in [2.75, 3.05) is 13.7 Å². The van der Waals surface area contributed by atoms with E-state index < -0.39 is 0 Å². The molecule has 0 radical (unpaired) electrons. The summed E-state index contributed by atoms with van der Waals surface area (Å²) >= 11 is 5.97. The second kappa shape index (κ2) is 9.15. The number of nitrogens with one attached hydrogen (secondary N) is 1. The summed E-state index contributed by atoms with van der Waals surface area (Å²) in [5, 5.41) is 3.90. The quantitative estimate of drug-likeness (QED) is 0.402. The van der Waals surface area contributed by atoms with Crippen molar-refractivity contribution in [2.24, 2.45) is 10.7 Å². The Hall–Kier alpha value is -1.67. The van der Waals surface area contributed by atoms with Crippen LogP contribution in [0.25, 0.3) is 0 Å². The number of nitrogens with zero attached hydrogens (tertiary/aromatic N) is 1. The summed E-state index contributed by atoms with van der Waals surface area (Å²) in [6, 6.07) is 13.5. The Morgan fingerprint density at radius 1 is 1.36 bits per heavy atom. The molecule has 0 saturated heterocycles. The number of benzene rings is 2. The number of guanidine groups is 1. The second-order valence-corrected chi connectivity index (χ2v) is 5.97. The number of fused-ring (bicyclic) bond motifs is 1. The number of halogens is 2. The monoisotopic (exact) mass is 473 g/mol. The highest BCUT2D eigenvalue weighted by Crippen LogP contribution is 2.31. The first-order valence-electron chi connectivity index (χ1n) is 7.78. The number of ether oxygens (including phenoxy) is 2. The molecule has 2 aromatic carbocycles. The first kappa shape index (κ1) is 19.7. The number of methoxy groups -OCH3 is 1. The van der Waals surface area contributed by atoms with E-state index in [9.17, 15) is 0 Å². The van der Waals surface area contributed by atoms with Crippen molar-refractivity contribution in [3.8, 4) is 11.5 Å². The molecule has 0 saturated carbocycles. The molecule has 1 atom stereocenters. The Bertz CT molecular complexity index is 755. The van der Waals surface area contributed by atoms with Gasteiger partial charge in [0, 0.05) is 22.6 Å². The van der Waals surface area contributed by atoms with Crippen molar-refractivity contribution in [2.45, 2.75) is 19.0 Å². The molecule has 134 valence electrons. The van der Waals surface area contributed by atoms with E-state index in [1.165, 1.54) is 0 Å². The van der Waals surface area contributed by atoms with Gasteiger partial charge in [-0.1, -0.05) is 35.9 Å². The van der Waals surface area contributed by atoms with Crippen LogP contribution in [-0.2, 0) is 6.54 Å². The van der Waals surface area contributed by atoms with E-state index in [0.717, 1.165) is 23.3 Å². The van der Waals surface area contributed by atoms with Crippen molar-refractivity contribution >= 4 is 41.5 Å². The van der Waals surface area contributed by atoms with Gasteiger partial charge < -0.3 is 20.5 Å². The Labute approximate surface area is 169 Å². The highest BCUT2D eigenvalue weighted by atomic mass is 127. The second-order valence-electron chi connectivity index (χ2n) is 5.53. The maximum absolute atomic E-state index is 6.06. The maximum Gasteiger partial charge on any atom is 0.189 e. The smallest absolute Gasteiger partial charge is 0.189 e. The van der Waals surface area contributed by atoms with E-state index in [-0.39, 0.29) is 30.0 Å².